The molecule has 0 spiro atoms. The van der Waals surface area contributed by atoms with Crippen molar-refractivity contribution in [1.82, 2.24) is 9.80 Å². The summed E-state index contributed by atoms with van der Waals surface area (Å²) in [5, 5.41) is 0. The lowest BCUT2D eigenvalue weighted by Gasteiger charge is -2.34. The van der Waals surface area contributed by atoms with Crippen LogP contribution in [0.4, 0.5) is 4.79 Å². The SMILES string of the molecule is CCOC(=O)N1CCN(Cc2cccc(C(N)=S)c2)CC1. The third-order valence-corrected chi connectivity index (χ3v) is 3.75. The maximum absolute atomic E-state index is 11.6. The second kappa shape index (κ2) is 7.38. The van der Waals surface area contributed by atoms with E-state index in [9.17, 15) is 4.79 Å². The summed E-state index contributed by atoms with van der Waals surface area (Å²) in [6.45, 7) is 6.18. The third-order valence-electron chi connectivity index (χ3n) is 3.52. The van der Waals surface area contributed by atoms with Gasteiger partial charge in [-0.25, -0.2) is 4.79 Å². The molecule has 1 fully saturated rings. The van der Waals surface area contributed by atoms with Crippen LogP contribution >= 0.6 is 12.2 Å². The third kappa shape index (κ3) is 4.41. The molecule has 0 aromatic heterocycles. The van der Waals surface area contributed by atoms with Crippen molar-refractivity contribution in [2.75, 3.05) is 32.8 Å². The van der Waals surface area contributed by atoms with Crippen LogP contribution in [0.3, 0.4) is 0 Å². The molecular formula is C15H21N3O2S. The number of nitrogens with two attached hydrogens (primary N) is 1. The van der Waals surface area contributed by atoms with E-state index in [0.29, 0.717) is 24.7 Å². The predicted octanol–water partition coefficient (Wildman–Crippen LogP) is 1.59. The molecule has 1 aromatic carbocycles. The molecule has 0 radical (unpaired) electrons. The van der Waals surface area contributed by atoms with Crippen molar-refractivity contribution in [3.8, 4) is 0 Å². The van der Waals surface area contributed by atoms with Gasteiger partial charge in [0.05, 0.1) is 6.61 Å². The van der Waals surface area contributed by atoms with E-state index < -0.39 is 0 Å². The zero-order valence-corrected chi connectivity index (χ0v) is 13.1. The lowest BCUT2D eigenvalue weighted by atomic mass is 10.1. The maximum Gasteiger partial charge on any atom is 0.409 e. The monoisotopic (exact) mass is 307 g/mol. The predicted molar refractivity (Wildman–Crippen MR) is 86.2 cm³/mol. The highest BCUT2D eigenvalue weighted by atomic mass is 32.1. The number of carbonyl (C=O) groups excluding carboxylic acids is 1. The molecule has 1 aliphatic rings. The van der Waals surface area contributed by atoms with Crippen molar-refractivity contribution < 1.29 is 9.53 Å². The van der Waals surface area contributed by atoms with Gasteiger partial charge in [0.15, 0.2) is 0 Å². The highest BCUT2D eigenvalue weighted by Gasteiger charge is 2.21. The Bertz CT molecular complexity index is 513. The van der Waals surface area contributed by atoms with E-state index in [2.05, 4.69) is 11.0 Å². The number of thiocarbonyl (C=S) groups is 1. The summed E-state index contributed by atoms with van der Waals surface area (Å²) < 4.78 is 5.02. The summed E-state index contributed by atoms with van der Waals surface area (Å²) in [6.07, 6.45) is -0.215. The largest absolute Gasteiger partial charge is 0.450 e. The number of nitrogens with zero attached hydrogens (tertiary/aromatic N) is 2. The fourth-order valence-corrected chi connectivity index (χ4v) is 2.51. The summed E-state index contributed by atoms with van der Waals surface area (Å²) in [4.78, 5) is 16.1. The molecule has 6 heteroatoms. The number of hydrogen-bond donors (Lipinski definition) is 1. The summed E-state index contributed by atoms with van der Waals surface area (Å²) in [5.41, 5.74) is 7.74. The molecule has 2 N–H and O–H groups in total. The van der Waals surface area contributed by atoms with Gasteiger partial charge >= 0.3 is 6.09 Å². The van der Waals surface area contributed by atoms with Crippen LogP contribution in [0.5, 0.6) is 0 Å². The smallest absolute Gasteiger partial charge is 0.409 e. The van der Waals surface area contributed by atoms with Crippen molar-refractivity contribution in [2.45, 2.75) is 13.5 Å². The normalized spacial score (nSPS) is 15.8. The number of piperazine rings is 1. The average molecular weight is 307 g/mol. The molecule has 2 rings (SSSR count). The van der Waals surface area contributed by atoms with E-state index in [1.54, 1.807) is 4.90 Å². The van der Waals surface area contributed by atoms with Gasteiger partial charge in [-0.3, -0.25) is 4.90 Å². The van der Waals surface area contributed by atoms with Gasteiger partial charge in [-0.1, -0.05) is 30.4 Å². The van der Waals surface area contributed by atoms with Crippen molar-refractivity contribution in [3.05, 3.63) is 35.4 Å². The number of ether oxygens (including phenoxy) is 1. The van der Waals surface area contributed by atoms with E-state index in [0.717, 1.165) is 25.2 Å². The van der Waals surface area contributed by atoms with E-state index in [-0.39, 0.29) is 6.09 Å². The van der Waals surface area contributed by atoms with Crippen LogP contribution in [0.2, 0.25) is 0 Å². The zero-order valence-electron chi connectivity index (χ0n) is 12.2. The fourth-order valence-electron chi connectivity index (χ4n) is 2.38. The summed E-state index contributed by atoms with van der Waals surface area (Å²) in [5.74, 6) is 0. The van der Waals surface area contributed by atoms with E-state index >= 15 is 0 Å². The fraction of sp³-hybridized carbons (Fsp3) is 0.467. The topological polar surface area (TPSA) is 58.8 Å². The first-order valence-electron chi connectivity index (χ1n) is 7.13. The average Bonchev–Trinajstić information content (AvgIpc) is 2.48. The molecule has 0 aliphatic carbocycles. The minimum Gasteiger partial charge on any atom is -0.450 e. The number of amides is 1. The number of rotatable bonds is 4. The lowest BCUT2D eigenvalue weighted by Crippen LogP contribution is -2.48. The van der Waals surface area contributed by atoms with Crippen molar-refractivity contribution >= 4 is 23.3 Å². The second-order valence-corrected chi connectivity index (χ2v) is 5.47. The van der Waals surface area contributed by atoms with E-state index in [1.807, 2.05) is 25.1 Å². The lowest BCUT2D eigenvalue weighted by molar-refractivity contribution is 0.0778. The van der Waals surface area contributed by atoms with Crippen LogP contribution < -0.4 is 5.73 Å². The molecule has 1 aliphatic heterocycles. The first kappa shape index (κ1) is 15.7. The van der Waals surface area contributed by atoms with Gasteiger partial charge in [-0.15, -0.1) is 0 Å². The maximum atomic E-state index is 11.6. The van der Waals surface area contributed by atoms with E-state index in [1.165, 1.54) is 5.56 Å². The van der Waals surface area contributed by atoms with Crippen molar-refractivity contribution in [3.63, 3.8) is 0 Å². The summed E-state index contributed by atoms with van der Waals surface area (Å²) in [7, 11) is 0. The van der Waals surface area contributed by atoms with Crippen LogP contribution in [0.15, 0.2) is 24.3 Å². The molecule has 0 unspecified atom stereocenters. The standard InChI is InChI=1S/C15H21N3O2S/c1-2-20-15(19)18-8-6-17(7-9-18)11-12-4-3-5-13(10-12)14(16)21/h3-5,10H,2,6-9,11H2,1H3,(H2,16,21). The van der Waals surface area contributed by atoms with Gasteiger partial charge in [-0.05, 0) is 18.6 Å². The molecule has 1 amide bonds. The van der Waals surface area contributed by atoms with Gasteiger partial charge in [0.1, 0.15) is 4.99 Å². The summed E-state index contributed by atoms with van der Waals surface area (Å²) >= 11 is 5.00. The Hall–Kier alpha value is -1.66. The molecule has 21 heavy (non-hydrogen) atoms. The Morgan fingerprint density at radius 3 is 2.67 bits per heavy atom. The molecule has 1 saturated heterocycles. The first-order valence-corrected chi connectivity index (χ1v) is 7.53. The Labute approximate surface area is 130 Å². The molecule has 5 nitrogen and oxygen atoms in total. The molecule has 1 aromatic rings. The van der Waals surface area contributed by atoms with Gasteiger partial charge in [0.25, 0.3) is 0 Å². The van der Waals surface area contributed by atoms with Crippen LogP contribution in [-0.4, -0.2) is 53.7 Å². The van der Waals surface area contributed by atoms with E-state index in [4.69, 9.17) is 22.7 Å². The summed E-state index contributed by atoms with van der Waals surface area (Å²) in [6, 6.07) is 7.99. The van der Waals surface area contributed by atoms with Gasteiger partial charge in [0, 0.05) is 38.3 Å². The Morgan fingerprint density at radius 1 is 1.33 bits per heavy atom. The Morgan fingerprint density at radius 2 is 2.05 bits per heavy atom. The highest BCUT2D eigenvalue weighted by molar-refractivity contribution is 7.80. The zero-order chi connectivity index (χ0) is 15.2. The van der Waals surface area contributed by atoms with Gasteiger partial charge in [0.2, 0.25) is 0 Å². The molecule has 1 heterocycles. The number of benzene rings is 1. The quantitative estimate of drug-likeness (QED) is 0.856. The molecule has 0 atom stereocenters. The van der Waals surface area contributed by atoms with Gasteiger partial charge < -0.3 is 15.4 Å². The first-order chi connectivity index (χ1) is 10.1. The minimum absolute atomic E-state index is 0.215. The molecule has 0 bridgehead atoms. The van der Waals surface area contributed by atoms with Crippen LogP contribution in [0.1, 0.15) is 18.1 Å². The Kier molecular flexibility index (Phi) is 5.52. The minimum atomic E-state index is -0.215. The van der Waals surface area contributed by atoms with Crippen LogP contribution in [0.25, 0.3) is 0 Å². The second-order valence-electron chi connectivity index (χ2n) is 5.03. The van der Waals surface area contributed by atoms with Crippen molar-refractivity contribution in [1.29, 1.82) is 0 Å². The highest BCUT2D eigenvalue weighted by Crippen LogP contribution is 2.11. The Balaban J connectivity index is 1.87. The molecule has 114 valence electrons. The van der Waals surface area contributed by atoms with Crippen LogP contribution in [-0.2, 0) is 11.3 Å². The molecule has 0 saturated carbocycles. The number of carbonyl (C=O) groups is 1. The molecular weight excluding hydrogens is 286 g/mol. The van der Waals surface area contributed by atoms with Gasteiger partial charge in [-0.2, -0.15) is 0 Å². The van der Waals surface area contributed by atoms with Crippen LogP contribution in [0, 0.1) is 0 Å². The number of hydrogen-bond acceptors (Lipinski definition) is 4. The van der Waals surface area contributed by atoms with Crippen molar-refractivity contribution in [2.24, 2.45) is 5.73 Å².